The summed E-state index contributed by atoms with van der Waals surface area (Å²) in [7, 11) is 0. The van der Waals surface area contributed by atoms with Crippen molar-refractivity contribution >= 4 is 0 Å². The van der Waals surface area contributed by atoms with Crippen LogP contribution in [0.2, 0.25) is 0 Å². The highest BCUT2D eigenvalue weighted by atomic mass is 14.9. The molecule has 0 spiro atoms. The fourth-order valence-corrected chi connectivity index (χ4v) is 2.74. The Labute approximate surface area is 102 Å². The number of aromatic nitrogens is 1. The molecular weight excluding hydrogens is 208 g/mol. The highest BCUT2D eigenvalue weighted by Gasteiger charge is 2.23. The van der Waals surface area contributed by atoms with E-state index in [2.05, 4.69) is 52.8 Å². The molecule has 1 aromatic heterocycles. The Morgan fingerprint density at radius 2 is 1.88 bits per heavy atom. The van der Waals surface area contributed by atoms with Crippen LogP contribution in [-0.4, -0.2) is 11.5 Å². The molecule has 0 aliphatic carbocycles. The molecule has 1 aliphatic heterocycles. The van der Waals surface area contributed by atoms with Gasteiger partial charge in [0.1, 0.15) is 0 Å². The predicted octanol–water partition coefficient (Wildman–Crippen LogP) is 3.22. The number of aromatic amines is 1. The molecule has 0 amide bonds. The van der Waals surface area contributed by atoms with Crippen molar-refractivity contribution in [2.45, 2.75) is 24.8 Å². The van der Waals surface area contributed by atoms with E-state index in [-0.39, 0.29) is 0 Å². The van der Waals surface area contributed by atoms with Gasteiger partial charge in [-0.2, -0.15) is 0 Å². The number of hydrogen-bond acceptors (Lipinski definition) is 1. The molecular formula is C15H18N2. The molecule has 1 fully saturated rings. The van der Waals surface area contributed by atoms with Gasteiger partial charge in [-0.15, -0.1) is 0 Å². The Balaban J connectivity index is 1.76. The number of H-pyrrole nitrogens is 1. The summed E-state index contributed by atoms with van der Waals surface area (Å²) in [6, 6.07) is 15.5. The van der Waals surface area contributed by atoms with Gasteiger partial charge < -0.3 is 10.3 Å². The summed E-state index contributed by atoms with van der Waals surface area (Å²) in [6.45, 7) is 1.10. The lowest BCUT2D eigenvalue weighted by Gasteiger charge is -2.30. The van der Waals surface area contributed by atoms with Crippen molar-refractivity contribution in [2.24, 2.45) is 0 Å². The third-order valence-electron chi connectivity index (χ3n) is 3.67. The van der Waals surface area contributed by atoms with Crippen LogP contribution in [0, 0.1) is 0 Å². The van der Waals surface area contributed by atoms with E-state index in [1.807, 2.05) is 6.20 Å². The molecule has 2 heterocycles. The predicted molar refractivity (Wildman–Crippen MR) is 70.0 cm³/mol. The topological polar surface area (TPSA) is 27.8 Å². The molecule has 2 aromatic rings. The summed E-state index contributed by atoms with van der Waals surface area (Å²) < 4.78 is 0. The van der Waals surface area contributed by atoms with Crippen molar-refractivity contribution in [2.75, 3.05) is 6.54 Å². The van der Waals surface area contributed by atoms with Gasteiger partial charge in [-0.05, 0) is 37.1 Å². The molecule has 2 heteroatoms. The van der Waals surface area contributed by atoms with Gasteiger partial charge >= 0.3 is 0 Å². The second kappa shape index (κ2) is 4.76. The third kappa shape index (κ3) is 2.27. The van der Waals surface area contributed by atoms with Crippen LogP contribution in [0.25, 0.3) is 0 Å². The number of hydrogen-bond donors (Lipinski definition) is 2. The van der Waals surface area contributed by atoms with E-state index in [0.717, 1.165) is 6.54 Å². The smallest absolute Gasteiger partial charge is 0.0326 e. The van der Waals surface area contributed by atoms with Gasteiger partial charge in [0.2, 0.25) is 0 Å². The SMILES string of the molecule is c1ccc(C2CC(c3ccc[nH]3)CCN2)cc1. The van der Waals surface area contributed by atoms with Gasteiger partial charge in [0.05, 0.1) is 0 Å². The molecule has 1 aliphatic rings. The molecule has 17 heavy (non-hydrogen) atoms. The minimum atomic E-state index is 0.498. The Morgan fingerprint density at radius 1 is 1.00 bits per heavy atom. The standard InChI is InChI=1S/C15H18N2/c1-2-5-12(6-3-1)15-11-13(8-10-17-15)14-7-4-9-16-14/h1-7,9,13,15-17H,8,10-11H2. The lowest BCUT2D eigenvalue weighted by molar-refractivity contribution is 0.366. The molecule has 2 unspecified atom stereocenters. The number of piperidine rings is 1. The summed E-state index contributed by atoms with van der Waals surface area (Å²) in [6.07, 6.45) is 4.43. The number of nitrogens with one attached hydrogen (secondary N) is 2. The average Bonchev–Trinajstić information content (AvgIpc) is 2.94. The van der Waals surface area contributed by atoms with Gasteiger partial charge in [0, 0.05) is 23.9 Å². The molecule has 0 bridgehead atoms. The summed E-state index contributed by atoms with van der Waals surface area (Å²) in [5, 5.41) is 3.61. The molecule has 1 aromatic carbocycles. The maximum absolute atomic E-state index is 3.61. The average molecular weight is 226 g/mol. The van der Waals surface area contributed by atoms with Gasteiger partial charge in [-0.1, -0.05) is 30.3 Å². The molecule has 2 atom stereocenters. The first-order valence-corrected chi connectivity index (χ1v) is 6.35. The van der Waals surface area contributed by atoms with Gasteiger partial charge in [0.25, 0.3) is 0 Å². The molecule has 0 saturated carbocycles. The first-order chi connectivity index (χ1) is 8.43. The van der Waals surface area contributed by atoms with Crippen LogP contribution in [-0.2, 0) is 0 Å². The molecule has 1 saturated heterocycles. The minimum Gasteiger partial charge on any atom is -0.365 e. The largest absolute Gasteiger partial charge is 0.365 e. The quantitative estimate of drug-likeness (QED) is 0.808. The lowest BCUT2D eigenvalue weighted by Crippen LogP contribution is -2.30. The zero-order chi connectivity index (χ0) is 11.5. The van der Waals surface area contributed by atoms with Crippen LogP contribution < -0.4 is 5.32 Å². The van der Waals surface area contributed by atoms with Crippen LogP contribution in [0.15, 0.2) is 48.7 Å². The van der Waals surface area contributed by atoms with Crippen LogP contribution in [0.3, 0.4) is 0 Å². The van der Waals surface area contributed by atoms with Crippen molar-refractivity contribution in [3.8, 4) is 0 Å². The first-order valence-electron chi connectivity index (χ1n) is 6.35. The van der Waals surface area contributed by atoms with Crippen molar-refractivity contribution in [3.63, 3.8) is 0 Å². The lowest BCUT2D eigenvalue weighted by atomic mass is 9.87. The molecule has 0 radical (unpaired) electrons. The van der Waals surface area contributed by atoms with E-state index < -0.39 is 0 Å². The Kier molecular flexibility index (Phi) is 2.97. The van der Waals surface area contributed by atoms with Gasteiger partial charge in [0.15, 0.2) is 0 Å². The zero-order valence-corrected chi connectivity index (χ0v) is 9.89. The molecule has 88 valence electrons. The monoisotopic (exact) mass is 226 g/mol. The highest BCUT2D eigenvalue weighted by molar-refractivity contribution is 5.21. The van der Waals surface area contributed by atoms with Crippen molar-refractivity contribution in [1.29, 1.82) is 0 Å². The summed E-state index contributed by atoms with van der Waals surface area (Å²) in [5.41, 5.74) is 2.79. The minimum absolute atomic E-state index is 0.498. The fourth-order valence-electron chi connectivity index (χ4n) is 2.74. The fraction of sp³-hybridized carbons (Fsp3) is 0.333. The summed E-state index contributed by atoms with van der Waals surface area (Å²) in [4.78, 5) is 3.35. The second-order valence-electron chi connectivity index (χ2n) is 4.76. The normalized spacial score (nSPS) is 24.7. The van der Waals surface area contributed by atoms with E-state index in [0.29, 0.717) is 12.0 Å². The highest BCUT2D eigenvalue weighted by Crippen LogP contribution is 2.33. The maximum atomic E-state index is 3.61. The van der Waals surface area contributed by atoms with E-state index in [4.69, 9.17) is 0 Å². The summed E-state index contributed by atoms with van der Waals surface area (Å²) >= 11 is 0. The molecule has 3 rings (SSSR count). The Bertz CT molecular complexity index is 447. The van der Waals surface area contributed by atoms with E-state index >= 15 is 0 Å². The molecule has 2 N–H and O–H groups in total. The van der Waals surface area contributed by atoms with E-state index in [9.17, 15) is 0 Å². The van der Waals surface area contributed by atoms with Crippen molar-refractivity contribution < 1.29 is 0 Å². The van der Waals surface area contributed by atoms with Crippen molar-refractivity contribution in [3.05, 3.63) is 59.9 Å². The van der Waals surface area contributed by atoms with Gasteiger partial charge in [-0.25, -0.2) is 0 Å². The van der Waals surface area contributed by atoms with Crippen LogP contribution in [0.1, 0.15) is 36.1 Å². The zero-order valence-electron chi connectivity index (χ0n) is 9.89. The van der Waals surface area contributed by atoms with Crippen LogP contribution in [0.5, 0.6) is 0 Å². The van der Waals surface area contributed by atoms with E-state index in [1.54, 1.807) is 0 Å². The van der Waals surface area contributed by atoms with Crippen LogP contribution >= 0.6 is 0 Å². The number of benzene rings is 1. The Hall–Kier alpha value is -1.54. The Morgan fingerprint density at radius 3 is 2.65 bits per heavy atom. The van der Waals surface area contributed by atoms with E-state index in [1.165, 1.54) is 24.1 Å². The van der Waals surface area contributed by atoms with Crippen LogP contribution in [0.4, 0.5) is 0 Å². The summed E-state index contributed by atoms with van der Waals surface area (Å²) in [5.74, 6) is 0.663. The maximum Gasteiger partial charge on any atom is 0.0326 e. The van der Waals surface area contributed by atoms with Gasteiger partial charge in [-0.3, -0.25) is 0 Å². The second-order valence-corrected chi connectivity index (χ2v) is 4.76. The van der Waals surface area contributed by atoms with Crippen molar-refractivity contribution in [1.82, 2.24) is 10.3 Å². The first kappa shape index (κ1) is 10.6. The number of rotatable bonds is 2. The molecule has 2 nitrogen and oxygen atoms in total. The third-order valence-corrected chi connectivity index (χ3v) is 3.67.